The third-order valence-corrected chi connectivity index (χ3v) is 7.75. The molecule has 9 heteroatoms. The van der Waals surface area contributed by atoms with E-state index in [0.29, 0.717) is 28.7 Å². The SMILES string of the molecule is CS(=O)(=O)c1cc(C2CCC2)ccc1Nc1cc(CC(=O)C2CC2)nc2c1N=C(C(F)F)C2. The molecule has 6 nitrogen and oxygen atoms in total. The molecule has 3 aliphatic rings. The van der Waals surface area contributed by atoms with E-state index in [1.54, 1.807) is 18.2 Å². The topological polar surface area (TPSA) is 88.5 Å². The zero-order chi connectivity index (χ0) is 23.3. The predicted octanol–water partition coefficient (Wildman–Crippen LogP) is 4.91. The smallest absolute Gasteiger partial charge is 0.277 e. The van der Waals surface area contributed by atoms with Gasteiger partial charge in [-0.3, -0.25) is 9.78 Å². The average Bonchev–Trinajstić information content (AvgIpc) is 3.46. The summed E-state index contributed by atoms with van der Waals surface area (Å²) in [5, 5.41) is 3.12. The van der Waals surface area contributed by atoms with Crippen molar-refractivity contribution in [2.24, 2.45) is 10.9 Å². The molecule has 1 aromatic carbocycles. The molecule has 0 bridgehead atoms. The number of carbonyl (C=O) groups is 1. The lowest BCUT2D eigenvalue weighted by Crippen LogP contribution is -2.12. The maximum Gasteiger partial charge on any atom is 0.277 e. The third kappa shape index (κ3) is 4.55. The largest absolute Gasteiger partial charge is 0.353 e. The molecule has 5 rings (SSSR count). The Morgan fingerprint density at radius 1 is 1.15 bits per heavy atom. The fraction of sp³-hybridized carbons (Fsp3) is 0.458. The van der Waals surface area contributed by atoms with E-state index in [1.807, 2.05) is 6.07 Å². The van der Waals surface area contributed by atoms with E-state index >= 15 is 0 Å². The van der Waals surface area contributed by atoms with Gasteiger partial charge in [0.1, 0.15) is 11.5 Å². The minimum absolute atomic E-state index is 0.0558. The van der Waals surface area contributed by atoms with E-state index in [-0.39, 0.29) is 40.8 Å². The number of alkyl halides is 2. The van der Waals surface area contributed by atoms with Crippen molar-refractivity contribution in [2.45, 2.75) is 62.2 Å². The molecule has 0 amide bonds. The van der Waals surface area contributed by atoms with Gasteiger partial charge < -0.3 is 5.32 Å². The fourth-order valence-corrected chi connectivity index (χ4v) is 5.25. The van der Waals surface area contributed by atoms with Gasteiger partial charge in [0.25, 0.3) is 6.43 Å². The molecule has 33 heavy (non-hydrogen) atoms. The van der Waals surface area contributed by atoms with Crippen LogP contribution < -0.4 is 5.32 Å². The van der Waals surface area contributed by atoms with Crippen LogP contribution >= 0.6 is 0 Å². The Morgan fingerprint density at radius 2 is 1.91 bits per heavy atom. The molecule has 174 valence electrons. The number of benzene rings is 1. The lowest BCUT2D eigenvalue weighted by molar-refractivity contribution is -0.119. The number of sulfone groups is 1. The zero-order valence-electron chi connectivity index (χ0n) is 18.3. The van der Waals surface area contributed by atoms with Crippen LogP contribution in [0, 0.1) is 5.92 Å². The molecule has 2 fully saturated rings. The number of aromatic nitrogens is 1. The molecule has 0 radical (unpaired) electrons. The maximum atomic E-state index is 13.4. The molecule has 2 aromatic rings. The second-order valence-corrected chi connectivity index (χ2v) is 11.2. The van der Waals surface area contributed by atoms with Crippen molar-refractivity contribution in [1.82, 2.24) is 4.98 Å². The van der Waals surface area contributed by atoms with Crippen molar-refractivity contribution < 1.29 is 22.0 Å². The Bertz CT molecular complexity index is 1270. The molecule has 1 aromatic heterocycles. The minimum Gasteiger partial charge on any atom is -0.353 e. The molecule has 2 heterocycles. The van der Waals surface area contributed by atoms with Crippen molar-refractivity contribution in [3.8, 4) is 0 Å². The summed E-state index contributed by atoms with van der Waals surface area (Å²) < 4.78 is 51.9. The summed E-state index contributed by atoms with van der Waals surface area (Å²) in [6.07, 6.45) is 3.43. The Kier molecular flexibility index (Phi) is 5.55. The first kappa shape index (κ1) is 22.1. The molecule has 2 saturated carbocycles. The summed E-state index contributed by atoms with van der Waals surface area (Å²) in [5.41, 5.74) is 2.57. The fourth-order valence-electron chi connectivity index (χ4n) is 4.38. The molecule has 0 spiro atoms. The number of pyridine rings is 1. The highest BCUT2D eigenvalue weighted by Crippen LogP contribution is 2.41. The second-order valence-electron chi connectivity index (χ2n) is 9.24. The number of ketones is 1. The Morgan fingerprint density at radius 3 is 2.52 bits per heavy atom. The second kappa shape index (κ2) is 8.27. The van der Waals surface area contributed by atoms with Gasteiger partial charge in [-0.2, -0.15) is 0 Å². The van der Waals surface area contributed by atoms with E-state index in [0.717, 1.165) is 43.9 Å². The van der Waals surface area contributed by atoms with Gasteiger partial charge in [-0.15, -0.1) is 0 Å². The molecule has 0 saturated heterocycles. The lowest BCUT2D eigenvalue weighted by atomic mass is 9.80. The molecule has 2 aliphatic carbocycles. The van der Waals surface area contributed by atoms with E-state index in [1.165, 1.54) is 0 Å². The van der Waals surface area contributed by atoms with Crippen LogP contribution in [-0.4, -0.2) is 37.6 Å². The summed E-state index contributed by atoms with van der Waals surface area (Å²) >= 11 is 0. The molecule has 0 unspecified atom stereocenters. The van der Waals surface area contributed by atoms with Crippen molar-refractivity contribution in [3.63, 3.8) is 0 Å². The van der Waals surface area contributed by atoms with Gasteiger partial charge in [-0.1, -0.05) is 12.5 Å². The van der Waals surface area contributed by atoms with Gasteiger partial charge in [0.2, 0.25) is 0 Å². The highest BCUT2D eigenvalue weighted by atomic mass is 32.2. The van der Waals surface area contributed by atoms with Gasteiger partial charge in [0.05, 0.1) is 33.4 Å². The van der Waals surface area contributed by atoms with Crippen LogP contribution in [0.5, 0.6) is 0 Å². The highest BCUT2D eigenvalue weighted by Gasteiger charge is 2.31. The lowest BCUT2D eigenvalue weighted by Gasteiger charge is -2.26. The van der Waals surface area contributed by atoms with Crippen LogP contribution in [0.25, 0.3) is 0 Å². The van der Waals surface area contributed by atoms with Gasteiger partial charge in [0, 0.05) is 25.0 Å². The van der Waals surface area contributed by atoms with Crippen LogP contribution in [0.2, 0.25) is 0 Å². The van der Waals surface area contributed by atoms with E-state index in [4.69, 9.17) is 0 Å². The van der Waals surface area contributed by atoms with E-state index < -0.39 is 16.3 Å². The third-order valence-electron chi connectivity index (χ3n) is 6.61. The maximum absolute atomic E-state index is 13.4. The molecule has 0 atom stereocenters. The molecule has 1 N–H and O–H groups in total. The van der Waals surface area contributed by atoms with Crippen molar-refractivity contribution in [2.75, 3.05) is 11.6 Å². The number of halogens is 2. The standard InChI is InChI=1S/C24H25F2N3O3S/c1-33(31,32)22-9-15(13-3-2-4-13)7-8-17(22)28-18-10-16(11-21(30)14-5-6-14)27-19-12-20(24(25)26)29-23(18)19/h7-10,13-14,24H,2-6,11-12H2,1H3,(H,27,28). The predicted molar refractivity (Wildman–Crippen MR) is 122 cm³/mol. The number of hydrogen-bond acceptors (Lipinski definition) is 6. The number of hydrogen-bond donors (Lipinski definition) is 1. The summed E-state index contributed by atoms with van der Waals surface area (Å²) in [6.45, 7) is 0. The normalized spacial score (nSPS) is 18.1. The number of aliphatic imine (C=N–C) groups is 1. The van der Waals surface area contributed by atoms with Crippen LogP contribution in [-0.2, 0) is 27.5 Å². The quantitative estimate of drug-likeness (QED) is 0.588. The van der Waals surface area contributed by atoms with Gasteiger partial charge in [-0.25, -0.2) is 22.2 Å². The van der Waals surface area contributed by atoms with Gasteiger partial charge in [0.15, 0.2) is 9.84 Å². The highest BCUT2D eigenvalue weighted by molar-refractivity contribution is 7.90. The van der Waals surface area contributed by atoms with Crippen molar-refractivity contribution >= 4 is 38.4 Å². The first-order valence-corrected chi connectivity index (χ1v) is 13.1. The van der Waals surface area contributed by atoms with Crippen LogP contribution in [0.15, 0.2) is 34.2 Å². The summed E-state index contributed by atoms with van der Waals surface area (Å²) in [6, 6.07) is 6.96. The van der Waals surface area contributed by atoms with Crippen LogP contribution in [0.1, 0.15) is 55.0 Å². The summed E-state index contributed by atoms with van der Waals surface area (Å²) in [4.78, 5) is 21.0. The number of fused-ring (bicyclic) bond motifs is 1. The Balaban J connectivity index is 1.54. The van der Waals surface area contributed by atoms with Crippen LogP contribution in [0.4, 0.5) is 25.8 Å². The minimum atomic E-state index is -3.55. The number of anilines is 2. The first-order valence-electron chi connectivity index (χ1n) is 11.2. The summed E-state index contributed by atoms with van der Waals surface area (Å²) in [5.74, 6) is 0.506. The zero-order valence-corrected chi connectivity index (χ0v) is 19.1. The molecular weight excluding hydrogens is 448 g/mol. The monoisotopic (exact) mass is 473 g/mol. The molecular formula is C24H25F2N3O3S. The van der Waals surface area contributed by atoms with Gasteiger partial charge in [-0.05, 0) is 55.4 Å². The Hall–Kier alpha value is -2.68. The van der Waals surface area contributed by atoms with Gasteiger partial charge >= 0.3 is 0 Å². The average molecular weight is 474 g/mol. The number of Topliss-reactive ketones (excluding diaryl/α,β-unsaturated/α-hetero) is 1. The van der Waals surface area contributed by atoms with Crippen molar-refractivity contribution in [1.29, 1.82) is 0 Å². The van der Waals surface area contributed by atoms with E-state index in [2.05, 4.69) is 15.3 Å². The summed E-state index contributed by atoms with van der Waals surface area (Å²) in [7, 11) is -3.55. The van der Waals surface area contributed by atoms with Crippen molar-refractivity contribution in [3.05, 3.63) is 41.2 Å². The Labute approximate surface area is 191 Å². The van der Waals surface area contributed by atoms with E-state index in [9.17, 15) is 22.0 Å². The number of nitrogens with zero attached hydrogens (tertiary/aromatic N) is 2. The number of nitrogens with one attached hydrogen (secondary N) is 1. The van der Waals surface area contributed by atoms with Crippen LogP contribution in [0.3, 0.4) is 0 Å². The number of carbonyl (C=O) groups excluding carboxylic acids is 1. The number of rotatable bonds is 8. The molecule has 1 aliphatic heterocycles. The first-order chi connectivity index (χ1) is 15.7.